The molecule has 5 nitrogen and oxygen atoms in total. The van der Waals surface area contributed by atoms with E-state index < -0.39 is 0 Å². The van der Waals surface area contributed by atoms with Crippen molar-refractivity contribution in [2.45, 2.75) is 52.5 Å². The number of carbonyl (C=O) groups excluding carboxylic acids is 1. The highest BCUT2D eigenvalue weighted by atomic mass is 16.3. The molecule has 1 aromatic heterocycles. The third kappa shape index (κ3) is 3.20. The first-order valence-corrected chi connectivity index (χ1v) is 7.48. The minimum Gasteiger partial charge on any atom is -0.396 e. The molecule has 1 amide bonds. The highest BCUT2D eigenvalue weighted by Crippen LogP contribution is 2.47. The van der Waals surface area contributed by atoms with Gasteiger partial charge in [0.15, 0.2) is 0 Å². The lowest BCUT2D eigenvalue weighted by Gasteiger charge is -2.14. The van der Waals surface area contributed by atoms with Crippen LogP contribution in [-0.2, 0) is 6.54 Å². The van der Waals surface area contributed by atoms with Crippen LogP contribution in [-0.4, -0.2) is 33.9 Å². The zero-order valence-electron chi connectivity index (χ0n) is 12.6. The molecular formula is C15H25N3O2. The lowest BCUT2D eigenvalue weighted by molar-refractivity contribution is 0.0930. The Bertz CT molecular complexity index is 475. The van der Waals surface area contributed by atoms with E-state index >= 15 is 0 Å². The number of aliphatic hydroxyl groups is 1. The van der Waals surface area contributed by atoms with Crippen molar-refractivity contribution in [3.63, 3.8) is 0 Å². The first kappa shape index (κ1) is 15.0. The number of aromatic nitrogens is 2. The number of amides is 1. The van der Waals surface area contributed by atoms with Gasteiger partial charge in [0.2, 0.25) is 0 Å². The maximum atomic E-state index is 12.3. The van der Waals surface area contributed by atoms with Crippen molar-refractivity contribution in [2.24, 2.45) is 5.41 Å². The van der Waals surface area contributed by atoms with E-state index in [2.05, 4.69) is 24.3 Å². The molecule has 0 spiro atoms. The molecule has 0 bridgehead atoms. The van der Waals surface area contributed by atoms with Crippen LogP contribution in [0, 0.1) is 5.41 Å². The number of nitrogens with one attached hydrogen (secondary N) is 1. The topological polar surface area (TPSA) is 67.2 Å². The number of carbonyl (C=O) groups is 1. The summed E-state index contributed by atoms with van der Waals surface area (Å²) in [7, 11) is 0. The van der Waals surface area contributed by atoms with Gasteiger partial charge in [-0.25, -0.2) is 0 Å². The zero-order chi connectivity index (χ0) is 14.8. The maximum Gasteiger partial charge on any atom is 0.269 e. The SMILES string of the molecule is CCn1nc(C(C)C)cc1C(=O)NCC1(CCO)CC1. The highest BCUT2D eigenvalue weighted by molar-refractivity contribution is 5.92. The Morgan fingerprint density at radius 2 is 2.25 bits per heavy atom. The minimum absolute atomic E-state index is 0.0598. The minimum atomic E-state index is -0.0598. The molecule has 5 heteroatoms. The summed E-state index contributed by atoms with van der Waals surface area (Å²) < 4.78 is 1.76. The Morgan fingerprint density at radius 3 is 2.75 bits per heavy atom. The molecule has 1 aromatic rings. The van der Waals surface area contributed by atoms with Crippen LogP contribution < -0.4 is 5.32 Å². The van der Waals surface area contributed by atoms with Gasteiger partial charge in [-0.3, -0.25) is 9.48 Å². The van der Waals surface area contributed by atoms with Gasteiger partial charge < -0.3 is 10.4 Å². The van der Waals surface area contributed by atoms with E-state index in [1.165, 1.54) is 0 Å². The van der Waals surface area contributed by atoms with Gasteiger partial charge in [0.1, 0.15) is 5.69 Å². The summed E-state index contributed by atoms with van der Waals surface area (Å²) in [6, 6.07) is 1.88. The van der Waals surface area contributed by atoms with E-state index in [4.69, 9.17) is 5.11 Å². The third-order valence-electron chi connectivity index (χ3n) is 4.15. The van der Waals surface area contributed by atoms with Crippen LogP contribution in [0.1, 0.15) is 62.1 Å². The number of hydrogen-bond donors (Lipinski definition) is 2. The second-order valence-corrected chi connectivity index (χ2v) is 6.08. The van der Waals surface area contributed by atoms with Gasteiger partial charge in [-0.1, -0.05) is 13.8 Å². The van der Waals surface area contributed by atoms with E-state index in [0.29, 0.717) is 24.7 Å². The Balaban J connectivity index is 2.01. The monoisotopic (exact) mass is 279 g/mol. The standard InChI is InChI=1S/C15H25N3O2/c1-4-18-13(9-12(17-18)11(2)3)14(20)16-10-15(5-6-15)7-8-19/h9,11,19H,4-8,10H2,1-3H3,(H,16,20). The molecule has 1 saturated carbocycles. The van der Waals surface area contributed by atoms with E-state index in [9.17, 15) is 4.79 Å². The van der Waals surface area contributed by atoms with Crippen LogP contribution in [0.2, 0.25) is 0 Å². The fourth-order valence-corrected chi connectivity index (χ4v) is 2.43. The summed E-state index contributed by atoms with van der Waals surface area (Å²) in [6.45, 7) is 7.67. The summed E-state index contributed by atoms with van der Waals surface area (Å²) >= 11 is 0. The average Bonchev–Trinajstić information content (AvgIpc) is 3.04. The molecule has 1 fully saturated rings. The van der Waals surface area contributed by atoms with Gasteiger partial charge in [0.05, 0.1) is 5.69 Å². The summed E-state index contributed by atoms with van der Waals surface area (Å²) in [4.78, 5) is 12.3. The summed E-state index contributed by atoms with van der Waals surface area (Å²) in [5.74, 6) is 0.258. The van der Waals surface area contributed by atoms with Gasteiger partial charge >= 0.3 is 0 Å². The summed E-state index contributed by atoms with van der Waals surface area (Å²) in [6.07, 6.45) is 2.97. The van der Waals surface area contributed by atoms with Crippen LogP contribution in [0.4, 0.5) is 0 Å². The van der Waals surface area contributed by atoms with Crippen molar-refractivity contribution in [3.05, 3.63) is 17.5 Å². The Labute approximate surface area is 120 Å². The van der Waals surface area contributed by atoms with Crippen LogP contribution in [0.15, 0.2) is 6.07 Å². The van der Waals surface area contributed by atoms with Crippen molar-refractivity contribution < 1.29 is 9.90 Å². The zero-order valence-corrected chi connectivity index (χ0v) is 12.6. The Morgan fingerprint density at radius 1 is 1.55 bits per heavy atom. The quantitative estimate of drug-likeness (QED) is 0.801. The number of aliphatic hydroxyl groups excluding tert-OH is 1. The maximum absolute atomic E-state index is 12.3. The number of aryl methyl sites for hydroxylation is 1. The van der Waals surface area contributed by atoms with Gasteiger partial charge in [-0.15, -0.1) is 0 Å². The van der Waals surface area contributed by atoms with Crippen molar-refractivity contribution in [2.75, 3.05) is 13.2 Å². The third-order valence-corrected chi connectivity index (χ3v) is 4.15. The Hall–Kier alpha value is -1.36. The number of hydrogen-bond acceptors (Lipinski definition) is 3. The second-order valence-electron chi connectivity index (χ2n) is 6.08. The molecule has 2 N–H and O–H groups in total. The van der Waals surface area contributed by atoms with E-state index in [1.54, 1.807) is 4.68 Å². The van der Waals surface area contributed by atoms with Crippen molar-refractivity contribution in [3.8, 4) is 0 Å². The van der Waals surface area contributed by atoms with Gasteiger partial charge in [-0.2, -0.15) is 5.10 Å². The largest absolute Gasteiger partial charge is 0.396 e. The predicted octanol–water partition coefficient (Wildman–Crippen LogP) is 1.92. The van der Waals surface area contributed by atoms with Crippen molar-refractivity contribution in [1.29, 1.82) is 0 Å². The second kappa shape index (κ2) is 5.95. The van der Waals surface area contributed by atoms with E-state index in [-0.39, 0.29) is 17.9 Å². The number of nitrogens with zero attached hydrogens (tertiary/aromatic N) is 2. The normalized spacial score (nSPS) is 16.4. The van der Waals surface area contributed by atoms with Gasteiger partial charge in [0, 0.05) is 19.7 Å². The first-order valence-electron chi connectivity index (χ1n) is 7.48. The predicted molar refractivity (Wildman–Crippen MR) is 77.7 cm³/mol. The fourth-order valence-electron chi connectivity index (χ4n) is 2.43. The van der Waals surface area contributed by atoms with Gasteiger partial charge in [-0.05, 0) is 43.6 Å². The molecule has 112 valence electrons. The van der Waals surface area contributed by atoms with Crippen LogP contribution >= 0.6 is 0 Å². The Kier molecular flexibility index (Phi) is 4.48. The fraction of sp³-hybridized carbons (Fsp3) is 0.733. The molecular weight excluding hydrogens is 254 g/mol. The summed E-state index contributed by atoms with van der Waals surface area (Å²) in [5.41, 5.74) is 1.73. The van der Waals surface area contributed by atoms with Crippen LogP contribution in [0.25, 0.3) is 0 Å². The molecule has 0 saturated heterocycles. The number of rotatable bonds is 7. The van der Waals surface area contributed by atoms with Crippen molar-refractivity contribution >= 4 is 5.91 Å². The molecule has 0 atom stereocenters. The molecule has 0 aliphatic heterocycles. The molecule has 1 heterocycles. The van der Waals surface area contributed by atoms with Crippen LogP contribution in [0.5, 0.6) is 0 Å². The smallest absolute Gasteiger partial charge is 0.269 e. The molecule has 1 aliphatic carbocycles. The summed E-state index contributed by atoms with van der Waals surface area (Å²) in [5, 5.41) is 16.5. The molecule has 1 aliphatic rings. The van der Waals surface area contributed by atoms with Crippen molar-refractivity contribution in [1.82, 2.24) is 15.1 Å². The highest BCUT2D eigenvalue weighted by Gasteiger charge is 2.42. The van der Waals surface area contributed by atoms with E-state index in [0.717, 1.165) is 25.0 Å². The molecule has 20 heavy (non-hydrogen) atoms. The lowest BCUT2D eigenvalue weighted by Crippen LogP contribution is -2.32. The molecule has 0 radical (unpaired) electrons. The first-order chi connectivity index (χ1) is 9.51. The molecule has 2 rings (SSSR count). The van der Waals surface area contributed by atoms with Gasteiger partial charge in [0.25, 0.3) is 5.91 Å². The lowest BCUT2D eigenvalue weighted by atomic mass is 10.0. The van der Waals surface area contributed by atoms with E-state index in [1.807, 2.05) is 13.0 Å². The molecule has 0 unspecified atom stereocenters. The van der Waals surface area contributed by atoms with Crippen LogP contribution in [0.3, 0.4) is 0 Å². The molecule has 0 aromatic carbocycles. The average molecular weight is 279 g/mol.